The first-order valence-corrected chi connectivity index (χ1v) is 22.7. The van der Waals surface area contributed by atoms with Crippen LogP contribution in [0.15, 0.2) is 0 Å². The average Bonchev–Trinajstić information content (AvgIpc) is 3.05. The summed E-state index contributed by atoms with van der Waals surface area (Å²) in [6.07, 6.45) is 5.75. The molecule has 0 spiro atoms. The van der Waals surface area contributed by atoms with Gasteiger partial charge >= 0.3 is 0 Å². The minimum atomic E-state index is -0.505. The molecule has 1 aromatic heterocycles. The van der Waals surface area contributed by atoms with Gasteiger partial charge in [-0.25, -0.2) is 0 Å². The number of rotatable bonds is 15. The molecule has 4 rings (SSSR count). The summed E-state index contributed by atoms with van der Waals surface area (Å²) >= 11 is 0. The number of aromatic nitrogens is 3. The van der Waals surface area contributed by atoms with Crippen molar-refractivity contribution >= 4 is 17.8 Å². The molecule has 3 saturated heterocycles. The van der Waals surface area contributed by atoms with Crippen molar-refractivity contribution < 1.29 is 15.3 Å². The first-order valence-electron chi connectivity index (χ1n) is 22.7. The van der Waals surface area contributed by atoms with Crippen molar-refractivity contribution in [3.8, 4) is 0 Å². The number of aliphatic hydroxyl groups is 3. The summed E-state index contributed by atoms with van der Waals surface area (Å²) in [4.78, 5) is 30.6. The maximum Gasteiger partial charge on any atom is 0.232 e. The van der Waals surface area contributed by atoms with Crippen LogP contribution in [0.2, 0.25) is 0 Å². The molecule has 0 aliphatic carbocycles. The Kier molecular flexibility index (Phi) is 14.5. The highest BCUT2D eigenvalue weighted by atomic mass is 16.3. The molecule has 1 aromatic rings. The van der Waals surface area contributed by atoms with E-state index in [0.717, 1.165) is 58.2 Å². The number of likely N-dealkylation sites (tertiary alicyclic amines) is 3. The Balaban J connectivity index is 1.88. The SMILES string of the molecule is CCC(O)N1C(C)(C)CC(N(CC)c2nc(N(CC)C3CC(C)(C)N(C(O)CC)C(C)(C)C3)nc(N(CC)C3CC(C)(C)N(C(O)CC)C(C)(C)C3)n2)CC1(C)C. The van der Waals surface area contributed by atoms with Crippen LogP contribution in [0.4, 0.5) is 17.8 Å². The Morgan fingerprint density at radius 2 is 0.596 bits per heavy atom. The Morgan fingerprint density at radius 1 is 0.421 bits per heavy atom. The van der Waals surface area contributed by atoms with E-state index in [1.54, 1.807) is 0 Å². The molecule has 0 bridgehead atoms. The zero-order valence-corrected chi connectivity index (χ0v) is 39.8. The molecule has 3 unspecified atom stereocenters. The molecule has 3 fully saturated rings. The monoisotopic (exact) mass is 802 g/mol. The van der Waals surface area contributed by atoms with Gasteiger partial charge in [0.1, 0.15) is 18.7 Å². The van der Waals surface area contributed by atoms with Gasteiger partial charge in [0, 0.05) is 71.0 Å². The second kappa shape index (κ2) is 17.3. The van der Waals surface area contributed by atoms with Crippen molar-refractivity contribution in [1.29, 1.82) is 0 Å². The lowest BCUT2D eigenvalue weighted by molar-refractivity contribution is -0.143. The Bertz CT molecular complexity index is 1240. The molecule has 0 aromatic carbocycles. The summed E-state index contributed by atoms with van der Waals surface area (Å²) in [6, 6.07) is 0.463. The van der Waals surface area contributed by atoms with Gasteiger partial charge in [0.2, 0.25) is 17.8 Å². The van der Waals surface area contributed by atoms with Crippen LogP contribution in [-0.4, -0.2) is 135 Å². The van der Waals surface area contributed by atoms with Crippen LogP contribution < -0.4 is 14.7 Å². The van der Waals surface area contributed by atoms with Gasteiger partial charge in [0.15, 0.2) is 0 Å². The van der Waals surface area contributed by atoms with Crippen LogP contribution in [0.5, 0.6) is 0 Å². The van der Waals surface area contributed by atoms with Gasteiger partial charge in [0.25, 0.3) is 0 Å². The van der Waals surface area contributed by atoms with Gasteiger partial charge < -0.3 is 30.0 Å². The number of hydrogen-bond donors (Lipinski definition) is 3. The van der Waals surface area contributed by atoms with Gasteiger partial charge in [-0.3, -0.25) is 14.7 Å². The van der Waals surface area contributed by atoms with Crippen LogP contribution in [0, 0.1) is 0 Å². The smallest absolute Gasteiger partial charge is 0.232 e. The first-order chi connectivity index (χ1) is 26.2. The largest absolute Gasteiger partial charge is 0.378 e. The number of anilines is 3. The Morgan fingerprint density at radius 3 is 0.737 bits per heavy atom. The molecular weight excluding hydrogens is 715 g/mol. The molecular formula is C45H87N9O3. The van der Waals surface area contributed by atoms with Crippen molar-refractivity contribution in [3.05, 3.63) is 0 Å². The Labute approximate surface area is 348 Å². The fraction of sp³-hybridized carbons (Fsp3) is 0.933. The van der Waals surface area contributed by atoms with Crippen molar-refractivity contribution in [2.45, 2.75) is 252 Å². The summed E-state index contributed by atoms with van der Waals surface area (Å²) in [5.74, 6) is 2.14. The fourth-order valence-electron chi connectivity index (χ4n) is 12.8. The van der Waals surface area contributed by atoms with Crippen LogP contribution in [0.25, 0.3) is 0 Å². The van der Waals surface area contributed by atoms with E-state index >= 15 is 0 Å². The molecule has 3 N–H and O–H groups in total. The van der Waals surface area contributed by atoms with E-state index in [0.29, 0.717) is 37.1 Å². The highest BCUT2D eigenvalue weighted by molar-refractivity contribution is 5.49. The molecule has 12 heteroatoms. The van der Waals surface area contributed by atoms with Crippen molar-refractivity contribution in [3.63, 3.8) is 0 Å². The van der Waals surface area contributed by atoms with Gasteiger partial charge in [-0.1, -0.05) is 20.8 Å². The zero-order chi connectivity index (χ0) is 43.3. The van der Waals surface area contributed by atoms with Crippen molar-refractivity contribution in [2.75, 3.05) is 34.3 Å². The topological polar surface area (TPSA) is 119 Å². The van der Waals surface area contributed by atoms with Crippen molar-refractivity contribution in [2.24, 2.45) is 0 Å². The van der Waals surface area contributed by atoms with Crippen LogP contribution in [0.3, 0.4) is 0 Å². The number of nitrogens with zero attached hydrogens (tertiary/aromatic N) is 9. The second-order valence-electron chi connectivity index (χ2n) is 21.4. The molecule has 4 heterocycles. The summed E-state index contributed by atoms with van der Waals surface area (Å²) < 4.78 is 0. The van der Waals surface area contributed by atoms with Gasteiger partial charge in [-0.15, -0.1) is 0 Å². The average molecular weight is 802 g/mol. The second-order valence-corrected chi connectivity index (χ2v) is 21.4. The normalized spacial score (nSPS) is 25.8. The molecule has 3 aliphatic heterocycles. The standard InChI is InChI=1S/C45H87N9O3/c1-19-34(55)52-40(7,8)25-31(26-41(52,9)10)49(22-4)37-46-38(50(23-5)32-27-42(11,12)53(35(56)20-2)43(13,14)28-32)48-39(47-37)51(24-6)33-29-44(15,16)54(36(57)21-3)45(17,18)30-33/h31-36,55-57H,19-30H2,1-18H3. The number of aliphatic hydroxyl groups excluding tert-OH is 3. The van der Waals surface area contributed by atoms with E-state index in [4.69, 9.17) is 15.0 Å². The molecule has 0 saturated carbocycles. The lowest BCUT2D eigenvalue weighted by atomic mass is 9.76. The summed E-state index contributed by atoms with van der Waals surface area (Å²) in [5, 5.41) is 33.8. The van der Waals surface area contributed by atoms with Gasteiger partial charge in [0.05, 0.1) is 0 Å². The van der Waals surface area contributed by atoms with E-state index in [2.05, 4.69) is 154 Å². The molecule has 0 radical (unpaired) electrons. The Hall–Kier alpha value is -1.83. The van der Waals surface area contributed by atoms with E-state index in [-0.39, 0.29) is 51.4 Å². The predicted octanol–water partition coefficient (Wildman–Crippen LogP) is 7.60. The van der Waals surface area contributed by atoms with E-state index in [1.165, 1.54) is 0 Å². The third kappa shape index (κ3) is 9.56. The minimum Gasteiger partial charge on any atom is -0.378 e. The lowest BCUT2D eigenvalue weighted by Crippen LogP contribution is -2.67. The molecule has 12 nitrogen and oxygen atoms in total. The maximum absolute atomic E-state index is 11.3. The highest BCUT2D eigenvalue weighted by Crippen LogP contribution is 2.46. The third-order valence-electron chi connectivity index (χ3n) is 14.0. The van der Waals surface area contributed by atoms with Crippen molar-refractivity contribution in [1.82, 2.24) is 29.7 Å². The fourth-order valence-corrected chi connectivity index (χ4v) is 12.8. The molecule has 0 amide bonds. The molecule has 57 heavy (non-hydrogen) atoms. The number of hydrogen-bond acceptors (Lipinski definition) is 12. The minimum absolute atomic E-state index is 0.154. The van der Waals surface area contributed by atoms with Crippen LogP contribution in [0.1, 0.15) is 182 Å². The summed E-state index contributed by atoms with van der Waals surface area (Å²) in [6.45, 7) is 42.3. The van der Waals surface area contributed by atoms with Gasteiger partial charge in [-0.2, -0.15) is 15.0 Å². The molecule has 3 aliphatic rings. The quantitative estimate of drug-likeness (QED) is 0.162. The first kappa shape index (κ1) is 47.8. The van der Waals surface area contributed by atoms with E-state index in [1.807, 2.05) is 0 Å². The highest BCUT2D eigenvalue weighted by Gasteiger charge is 2.52. The third-order valence-corrected chi connectivity index (χ3v) is 14.0. The van der Waals surface area contributed by atoms with Gasteiger partial charge in [-0.05, 0) is 162 Å². The maximum atomic E-state index is 11.3. The summed E-state index contributed by atoms with van der Waals surface area (Å²) in [7, 11) is 0. The zero-order valence-electron chi connectivity index (χ0n) is 39.8. The summed E-state index contributed by atoms with van der Waals surface area (Å²) in [5.41, 5.74) is -1.49. The molecule has 3 atom stereocenters. The number of piperidine rings is 3. The van der Waals surface area contributed by atoms with Crippen LogP contribution in [-0.2, 0) is 0 Å². The van der Waals surface area contributed by atoms with Crippen LogP contribution >= 0.6 is 0 Å². The van der Waals surface area contributed by atoms with E-state index in [9.17, 15) is 15.3 Å². The predicted molar refractivity (Wildman–Crippen MR) is 237 cm³/mol. The molecule has 330 valence electrons. The lowest BCUT2D eigenvalue weighted by Gasteiger charge is -2.59. The van der Waals surface area contributed by atoms with E-state index < -0.39 is 18.7 Å².